The van der Waals surface area contributed by atoms with Crippen LogP contribution in [-0.4, -0.2) is 5.91 Å². The summed E-state index contributed by atoms with van der Waals surface area (Å²) in [4.78, 5) is 15.4. The summed E-state index contributed by atoms with van der Waals surface area (Å²) >= 11 is 0. The summed E-state index contributed by atoms with van der Waals surface area (Å²) in [5.74, 6) is 0.958. The van der Waals surface area contributed by atoms with Gasteiger partial charge in [-0.15, -0.1) is 0 Å². The summed E-state index contributed by atoms with van der Waals surface area (Å²) in [6.07, 6.45) is -0.247. The molecular formula is C26H28N2O. The monoisotopic (exact) mass is 384 g/mol. The first kappa shape index (κ1) is 19.3. The molecular weight excluding hydrogens is 356 g/mol. The van der Waals surface area contributed by atoms with Crippen LogP contribution in [0.15, 0.2) is 72.8 Å². The second kappa shape index (κ2) is 7.75. The maximum Gasteiger partial charge on any atom is 0.262 e. The fraction of sp³-hybridized carbons (Fsp3) is 0.269. The summed E-state index contributed by atoms with van der Waals surface area (Å²) in [7, 11) is 0. The normalized spacial score (nSPS) is 16.1. The molecule has 1 heterocycles. The van der Waals surface area contributed by atoms with E-state index in [0.29, 0.717) is 17.4 Å². The van der Waals surface area contributed by atoms with E-state index in [1.165, 1.54) is 11.1 Å². The van der Waals surface area contributed by atoms with Gasteiger partial charge in [0.2, 0.25) is 0 Å². The molecule has 148 valence electrons. The van der Waals surface area contributed by atoms with E-state index in [9.17, 15) is 4.79 Å². The molecule has 3 heteroatoms. The molecule has 1 aliphatic heterocycles. The smallest absolute Gasteiger partial charge is 0.262 e. The van der Waals surface area contributed by atoms with Crippen LogP contribution >= 0.6 is 0 Å². The number of hydrogen-bond donors (Lipinski definition) is 1. The summed E-state index contributed by atoms with van der Waals surface area (Å²) in [6.45, 7) is 8.74. The number of amides is 1. The number of para-hydroxylation sites is 1. The zero-order valence-corrected chi connectivity index (χ0v) is 17.5. The third-order valence-electron chi connectivity index (χ3n) is 5.68. The maximum absolute atomic E-state index is 13.5. The summed E-state index contributed by atoms with van der Waals surface area (Å²) < 4.78 is 0. The van der Waals surface area contributed by atoms with E-state index in [1.54, 1.807) is 0 Å². The lowest BCUT2D eigenvalue weighted by Gasteiger charge is -2.38. The average molecular weight is 385 g/mol. The van der Waals surface area contributed by atoms with Crippen LogP contribution in [0.3, 0.4) is 0 Å². The Labute approximate surface area is 173 Å². The molecule has 0 saturated carbocycles. The number of nitrogens with one attached hydrogen (secondary N) is 1. The Morgan fingerprint density at radius 3 is 1.90 bits per heavy atom. The molecule has 1 N–H and O–H groups in total. The molecule has 1 amide bonds. The highest BCUT2D eigenvalue weighted by Gasteiger charge is 2.34. The molecule has 3 aromatic carbocycles. The van der Waals surface area contributed by atoms with Crippen molar-refractivity contribution in [3.8, 4) is 0 Å². The van der Waals surface area contributed by atoms with E-state index in [4.69, 9.17) is 0 Å². The second-order valence-corrected chi connectivity index (χ2v) is 8.34. The van der Waals surface area contributed by atoms with E-state index in [2.05, 4.69) is 81.5 Å². The lowest BCUT2D eigenvalue weighted by Crippen LogP contribution is -2.43. The first-order valence-corrected chi connectivity index (χ1v) is 10.3. The van der Waals surface area contributed by atoms with Crippen LogP contribution in [0.1, 0.15) is 72.7 Å². The molecule has 0 saturated heterocycles. The lowest BCUT2D eigenvalue weighted by molar-refractivity contribution is 0.0975. The Morgan fingerprint density at radius 1 is 0.759 bits per heavy atom. The lowest BCUT2D eigenvalue weighted by atomic mass is 9.98. The topological polar surface area (TPSA) is 32.3 Å². The van der Waals surface area contributed by atoms with Crippen LogP contribution in [0.2, 0.25) is 0 Å². The average Bonchev–Trinajstić information content (AvgIpc) is 2.74. The van der Waals surface area contributed by atoms with Crippen LogP contribution in [0.4, 0.5) is 11.4 Å². The quantitative estimate of drug-likeness (QED) is 0.542. The van der Waals surface area contributed by atoms with Crippen molar-refractivity contribution < 1.29 is 4.79 Å². The molecule has 0 aromatic heterocycles. The predicted molar refractivity (Wildman–Crippen MR) is 121 cm³/mol. The minimum atomic E-state index is -0.247. The van der Waals surface area contributed by atoms with Crippen molar-refractivity contribution in [1.29, 1.82) is 0 Å². The van der Waals surface area contributed by atoms with Gasteiger partial charge in [0.1, 0.15) is 6.17 Å². The number of hydrogen-bond acceptors (Lipinski definition) is 2. The van der Waals surface area contributed by atoms with Gasteiger partial charge in [0.05, 0.1) is 5.56 Å². The van der Waals surface area contributed by atoms with E-state index < -0.39 is 0 Å². The predicted octanol–water partition coefficient (Wildman–Crippen LogP) is 6.70. The van der Waals surface area contributed by atoms with Crippen molar-refractivity contribution in [2.24, 2.45) is 0 Å². The largest absolute Gasteiger partial charge is 0.360 e. The Balaban J connectivity index is 1.78. The maximum atomic E-state index is 13.5. The number of anilines is 2. The van der Waals surface area contributed by atoms with Crippen molar-refractivity contribution in [2.45, 2.75) is 45.7 Å². The van der Waals surface area contributed by atoms with Gasteiger partial charge >= 0.3 is 0 Å². The second-order valence-electron chi connectivity index (χ2n) is 8.34. The molecule has 0 bridgehead atoms. The minimum Gasteiger partial charge on any atom is -0.360 e. The third kappa shape index (κ3) is 3.65. The van der Waals surface area contributed by atoms with Gasteiger partial charge < -0.3 is 5.32 Å². The van der Waals surface area contributed by atoms with E-state index in [0.717, 1.165) is 16.9 Å². The molecule has 3 aromatic rings. The number of benzene rings is 3. The van der Waals surface area contributed by atoms with Gasteiger partial charge in [-0.1, -0.05) is 76.2 Å². The Morgan fingerprint density at radius 2 is 1.31 bits per heavy atom. The molecule has 0 fully saturated rings. The fourth-order valence-corrected chi connectivity index (χ4v) is 3.84. The molecule has 3 nitrogen and oxygen atoms in total. The van der Waals surface area contributed by atoms with Gasteiger partial charge in [0, 0.05) is 11.4 Å². The fourth-order valence-electron chi connectivity index (χ4n) is 3.84. The molecule has 0 spiro atoms. The Bertz CT molecular complexity index is 1000. The van der Waals surface area contributed by atoms with Crippen LogP contribution in [-0.2, 0) is 0 Å². The molecule has 1 aliphatic rings. The van der Waals surface area contributed by atoms with Crippen LogP contribution in [0.25, 0.3) is 0 Å². The number of carbonyl (C=O) groups is 1. The molecule has 4 rings (SSSR count). The number of nitrogens with zero attached hydrogens (tertiary/aromatic N) is 1. The van der Waals surface area contributed by atoms with Crippen molar-refractivity contribution in [1.82, 2.24) is 0 Å². The molecule has 0 radical (unpaired) electrons. The number of rotatable bonds is 4. The van der Waals surface area contributed by atoms with Crippen molar-refractivity contribution in [3.05, 3.63) is 95.1 Å². The first-order chi connectivity index (χ1) is 14.0. The van der Waals surface area contributed by atoms with Crippen LogP contribution in [0, 0.1) is 0 Å². The van der Waals surface area contributed by atoms with E-state index >= 15 is 0 Å². The molecule has 1 atom stereocenters. The minimum absolute atomic E-state index is 0.0228. The van der Waals surface area contributed by atoms with Gasteiger partial charge in [0.15, 0.2) is 0 Å². The van der Waals surface area contributed by atoms with Gasteiger partial charge in [-0.2, -0.15) is 0 Å². The van der Waals surface area contributed by atoms with Gasteiger partial charge in [-0.3, -0.25) is 9.69 Å². The summed E-state index contributed by atoms with van der Waals surface area (Å²) in [6, 6.07) is 24.7. The first-order valence-electron chi connectivity index (χ1n) is 10.3. The van der Waals surface area contributed by atoms with Gasteiger partial charge in [-0.05, 0) is 52.8 Å². The van der Waals surface area contributed by atoms with Crippen LogP contribution in [0.5, 0.6) is 0 Å². The van der Waals surface area contributed by atoms with Crippen molar-refractivity contribution >= 4 is 17.3 Å². The van der Waals surface area contributed by atoms with Gasteiger partial charge in [0.25, 0.3) is 5.91 Å². The van der Waals surface area contributed by atoms with Crippen molar-refractivity contribution in [3.63, 3.8) is 0 Å². The highest BCUT2D eigenvalue weighted by Crippen LogP contribution is 2.37. The number of carbonyl (C=O) groups excluding carboxylic acids is 1. The highest BCUT2D eigenvalue weighted by atomic mass is 16.2. The third-order valence-corrected chi connectivity index (χ3v) is 5.68. The van der Waals surface area contributed by atoms with Gasteiger partial charge in [-0.25, -0.2) is 0 Å². The van der Waals surface area contributed by atoms with E-state index in [-0.39, 0.29) is 12.1 Å². The molecule has 0 aliphatic carbocycles. The standard InChI is InChI=1S/C26H28N2O/c1-17(2)19-9-11-21(12-10-19)25-27-24-8-6-5-7-23(24)26(29)28(25)22-15-13-20(14-16-22)18(3)4/h5-18,25,27H,1-4H3. The SMILES string of the molecule is CC(C)c1ccc(C2Nc3ccccc3C(=O)N2c2ccc(C(C)C)cc2)cc1. The van der Waals surface area contributed by atoms with E-state index in [1.807, 2.05) is 29.2 Å². The summed E-state index contributed by atoms with van der Waals surface area (Å²) in [5, 5.41) is 3.58. The zero-order valence-electron chi connectivity index (χ0n) is 17.5. The Kier molecular flexibility index (Phi) is 5.14. The molecule has 1 unspecified atom stereocenters. The Hall–Kier alpha value is -3.07. The van der Waals surface area contributed by atoms with Crippen LogP contribution < -0.4 is 10.2 Å². The molecule has 29 heavy (non-hydrogen) atoms. The number of fused-ring (bicyclic) bond motifs is 1. The highest BCUT2D eigenvalue weighted by molar-refractivity contribution is 6.12. The summed E-state index contributed by atoms with van der Waals surface area (Å²) in [5.41, 5.74) is 6.12. The van der Waals surface area contributed by atoms with Crippen molar-refractivity contribution in [2.75, 3.05) is 10.2 Å². The zero-order chi connectivity index (χ0) is 20.5.